The van der Waals surface area contributed by atoms with E-state index in [0.29, 0.717) is 11.2 Å². The first-order chi connectivity index (χ1) is 6.59. The first kappa shape index (κ1) is 9.85. The second-order valence-electron chi connectivity index (χ2n) is 2.94. The summed E-state index contributed by atoms with van der Waals surface area (Å²) in [5, 5.41) is 19.1. The van der Waals surface area contributed by atoms with E-state index in [0.717, 1.165) is 14.3 Å². The lowest BCUT2D eigenvalue weighted by Crippen LogP contribution is -2.32. The van der Waals surface area contributed by atoms with Gasteiger partial charge < -0.3 is 15.8 Å². The van der Waals surface area contributed by atoms with Crippen LogP contribution in [0.5, 0.6) is 0 Å². The largest absolute Gasteiger partial charge is 0.491 e. The minimum atomic E-state index is -1.54. The van der Waals surface area contributed by atoms with Crippen LogP contribution in [0.2, 0.25) is 0 Å². The van der Waals surface area contributed by atoms with E-state index in [4.69, 9.17) is 15.8 Å². The third-order valence-electron chi connectivity index (χ3n) is 2.02. The summed E-state index contributed by atoms with van der Waals surface area (Å²) >= 11 is 5.69. The number of nitrogen functional groups attached to an aromatic ring is 1. The van der Waals surface area contributed by atoms with E-state index in [2.05, 4.69) is 12.6 Å². The second kappa shape index (κ2) is 3.47. The molecule has 1 heterocycles. The number of thiophene rings is 1. The molecule has 0 unspecified atom stereocenters. The molecule has 0 saturated carbocycles. The van der Waals surface area contributed by atoms with E-state index >= 15 is 0 Å². The van der Waals surface area contributed by atoms with E-state index in [1.165, 1.54) is 11.3 Å². The Kier molecular flexibility index (Phi) is 2.44. The van der Waals surface area contributed by atoms with Gasteiger partial charge in [0, 0.05) is 15.9 Å². The Morgan fingerprint density at radius 3 is 2.71 bits per heavy atom. The van der Waals surface area contributed by atoms with Gasteiger partial charge in [-0.15, -0.1) is 24.0 Å². The maximum atomic E-state index is 9.17. The molecule has 0 amide bonds. The van der Waals surface area contributed by atoms with Gasteiger partial charge in [-0.05, 0) is 23.6 Å². The molecule has 14 heavy (non-hydrogen) atoms. The highest BCUT2D eigenvalue weighted by atomic mass is 32.2. The molecule has 1 aromatic heterocycles. The SMILES string of the molecule is Nc1ccc2sc(S)cc2c1B(O)O. The zero-order valence-corrected chi connectivity index (χ0v) is 8.85. The lowest BCUT2D eigenvalue weighted by atomic mass is 9.77. The summed E-state index contributed by atoms with van der Waals surface area (Å²) in [5.74, 6) is 0. The van der Waals surface area contributed by atoms with Gasteiger partial charge in [-0.25, -0.2) is 0 Å². The molecule has 0 saturated heterocycles. The number of hydrogen-bond acceptors (Lipinski definition) is 5. The fourth-order valence-corrected chi connectivity index (χ4v) is 2.67. The van der Waals surface area contributed by atoms with E-state index in [1.807, 2.05) is 6.07 Å². The van der Waals surface area contributed by atoms with Gasteiger partial charge >= 0.3 is 7.12 Å². The topological polar surface area (TPSA) is 66.5 Å². The molecule has 3 nitrogen and oxygen atoms in total. The molecule has 2 rings (SSSR count). The van der Waals surface area contributed by atoms with Crippen molar-refractivity contribution >= 4 is 52.3 Å². The minimum absolute atomic E-state index is 0.360. The first-order valence-electron chi connectivity index (χ1n) is 3.96. The van der Waals surface area contributed by atoms with Gasteiger partial charge in [0.1, 0.15) is 0 Å². The lowest BCUT2D eigenvalue weighted by Gasteiger charge is -2.05. The molecular formula is C8H8BNO2S2. The maximum Gasteiger partial charge on any atom is 0.491 e. The van der Waals surface area contributed by atoms with Crippen LogP contribution in [0, 0.1) is 0 Å². The summed E-state index contributed by atoms with van der Waals surface area (Å²) in [6, 6.07) is 5.30. The zero-order chi connectivity index (χ0) is 10.3. The fourth-order valence-electron chi connectivity index (χ4n) is 1.42. The Hall–Kier alpha value is -0.685. The average Bonchev–Trinajstić information content (AvgIpc) is 2.43. The molecule has 0 aliphatic carbocycles. The maximum absolute atomic E-state index is 9.17. The van der Waals surface area contributed by atoms with Crippen molar-refractivity contribution < 1.29 is 10.0 Å². The number of hydrogen-bond donors (Lipinski definition) is 4. The summed E-state index contributed by atoms with van der Waals surface area (Å²) < 4.78 is 1.78. The van der Waals surface area contributed by atoms with Gasteiger partial charge in [-0.1, -0.05) is 0 Å². The van der Waals surface area contributed by atoms with Crippen LogP contribution in [-0.2, 0) is 0 Å². The first-order valence-corrected chi connectivity index (χ1v) is 5.23. The van der Waals surface area contributed by atoms with Crippen LogP contribution in [0.3, 0.4) is 0 Å². The third-order valence-corrected chi connectivity index (χ3v) is 3.33. The van der Waals surface area contributed by atoms with Crippen molar-refractivity contribution in [2.75, 3.05) is 5.73 Å². The third kappa shape index (κ3) is 1.50. The molecule has 0 radical (unpaired) electrons. The number of benzene rings is 1. The van der Waals surface area contributed by atoms with Crippen molar-refractivity contribution in [1.29, 1.82) is 0 Å². The number of anilines is 1. The van der Waals surface area contributed by atoms with Crippen LogP contribution in [-0.4, -0.2) is 17.2 Å². The minimum Gasteiger partial charge on any atom is -0.423 e. The number of nitrogens with two attached hydrogens (primary N) is 1. The number of thiol groups is 1. The quantitative estimate of drug-likeness (QED) is 0.323. The van der Waals surface area contributed by atoms with Crippen molar-refractivity contribution in [3.05, 3.63) is 18.2 Å². The molecule has 0 spiro atoms. The van der Waals surface area contributed by atoms with Gasteiger partial charge in [-0.2, -0.15) is 0 Å². The second-order valence-corrected chi connectivity index (χ2v) is 4.81. The Labute approximate surface area is 90.7 Å². The number of fused-ring (bicyclic) bond motifs is 1. The summed E-state index contributed by atoms with van der Waals surface area (Å²) in [5.41, 5.74) is 6.40. The molecule has 0 aliphatic heterocycles. The molecule has 1 aromatic carbocycles. The summed E-state index contributed by atoms with van der Waals surface area (Å²) in [7, 11) is -1.54. The van der Waals surface area contributed by atoms with E-state index in [1.54, 1.807) is 12.1 Å². The van der Waals surface area contributed by atoms with Crippen molar-refractivity contribution in [3.8, 4) is 0 Å². The van der Waals surface area contributed by atoms with Crippen LogP contribution in [0.1, 0.15) is 0 Å². The lowest BCUT2D eigenvalue weighted by molar-refractivity contribution is 0.426. The van der Waals surface area contributed by atoms with Gasteiger partial charge in [0.15, 0.2) is 0 Å². The molecule has 0 fully saturated rings. The van der Waals surface area contributed by atoms with Crippen molar-refractivity contribution in [1.82, 2.24) is 0 Å². The Morgan fingerprint density at radius 2 is 2.07 bits per heavy atom. The summed E-state index contributed by atoms with van der Waals surface area (Å²) in [4.78, 5) is 0. The highest BCUT2D eigenvalue weighted by Gasteiger charge is 2.19. The predicted molar refractivity (Wildman–Crippen MR) is 63.3 cm³/mol. The van der Waals surface area contributed by atoms with Crippen LogP contribution >= 0.6 is 24.0 Å². The molecular weight excluding hydrogens is 217 g/mol. The van der Waals surface area contributed by atoms with Gasteiger partial charge in [0.05, 0.1) is 4.21 Å². The molecule has 0 atom stereocenters. The van der Waals surface area contributed by atoms with Crippen LogP contribution in [0.25, 0.3) is 10.1 Å². The molecule has 0 aliphatic rings. The molecule has 6 heteroatoms. The van der Waals surface area contributed by atoms with Crippen molar-refractivity contribution in [2.45, 2.75) is 4.21 Å². The monoisotopic (exact) mass is 225 g/mol. The van der Waals surface area contributed by atoms with Gasteiger partial charge in [0.2, 0.25) is 0 Å². The molecule has 72 valence electrons. The molecule has 4 N–H and O–H groups in total. The zero-order valence-electron chi connectivity index (χ0n) is 7.14. The fraction of sp³-hybridized carbons (Fsp3) is 0. The standard InChI is InChI=1S/C8H8BNO2S2/c10-5-1-2-6-4(3-7(13)14-6)8(5)9(11)12/h1-3,11-13H,10H2. The molecule has 2 aromatic rings. The predicted octanol–water partition coefficient (Wildman–Crippen LogP) is 0.452. The number of rotatable bonds is 1. The van der Waals surface area contributed by atoms with Gasteiger partial charge in [-0.3, -0.25) is 0 Å². The molecule has 0 bridgehead atoms. The van der Waals surface area contributed by atoms with Crippen molar-refractivity contribution in [3.63, 3.8) is 0 Å². The Balaban J connectivity index is 2.82. The highest BCUT2D eigenvalue weighted by Crippen LogP contribution is 2.28. The van der Waals surface area contributed by atoms with Crippen LogP contribution in [0.4, 0.5) is 5.69 Å². The summed E-state index contributed by atoms with van der Waals surface area (Å²) in [6.45, 7) is 0. The van der Waals surface area contributed by atoms with Gasteiger partial charge in [0.25, 0.3) is 0 Å². The van der Waals surface area contributed by atoms with Crippen molar-refractivity contribution in [2.24, 2.45) is 0 Å². The van der Waals surface area contributed by atoms with Crippen LogP contribution in [0.15, 0.2) is 22.4 Å². The van der Waals surface area contributed by atoms with E-state index in [-0.39, 0.29) is 0 Å². The smallest absolute Gasteiger partial charge is 0.423 e. The Morgan fingerprint density at radius 1 is 1.36 bits per heavy atom. The summed E-state index contributed by atoms with van der Waals surface area (Å²) in [6.07, 6.45) is 0. The van der Waals surface area contributed by atoms with Crippen LogP contribution < -0.4 is 11.2 Å². The average molecular weight is 225 g/mol. The Bertz CT molecular complexity index is 483. The highest BCUT2D eigenvalue weighted by molar-refractivity contribution is 7.83. The normalized spacial score (nSPS) is 10.8. The van der Waals surface area contributed by atoms with E-state index in [9.17, 15) is 0 Å². The van der Waals surface area contributed by atoms with E-state index < -0.39 is 7.12 Å².